The number of alkyl halides is 3. The summed E-state index contributed by atoms with van der Waals surface area (Å²) in [5.41, 5.74) is 1.04. The molecular weight excluding hydrogens is 347 g/mol. The standard InChI is InChI=1S/C19H18F3NO3/c1-13-7-9-14(10-8-13)17(19(20,21)22)26-16(24)11-12-23-18(25)15-5-3-2-4-6-15/h2-10,17H,11-12H2,1H3,(H,23,25)/t17-/m0/s1. The molecule has 0 aliphatic heterocycles. The first-order chi connectivity index (χ1) is 12.3. The Hall–Kier alpha value is -2.83. The molecule has 1 N–H and O–H groups in total. The lowest BCUT2D eigenvalue weighted by Gasteiger charge is -2.21. The van der Waals surface area contributed by atoms with Crippen LogP contribution in [0.25, 0.3) is 0 Å². The highest BCUT2D eigenvalue weighted by Crippen LogP contribution is 2.36. The van der Waals surface area contributed by atoms with Crippen molar-refractivity contribution >= 4 is 11.9 Å². The number of aryl methyl sites for hydroxylation is 1. The van der Waals surface area contributed by atoms with Crippen LogP contribution in [0.3, 0.4) is 0 Å². The molecule has 2 aromatic carbocycles. The van der Waals surface area contributed by atoms with E-state index >= 15 is 0 Å². The number of amides is 1. The predicted molar refractivity (Wildman–Crippen MR) is 89.5 cm³/mol. The predicted octanol–water partition coefficient (Wildman–Crippen LogP) is 3.96. The van der Waals surface area contributed by atoms with Gasteiger partial charge in [0, 0.05) is 17.7 Å². The molecule has 1 amide bonds. The molecule has 138 valence electrons. The molecular formula is C19H18F3NO3. The van der Waals surface area contributed by atoms with Gasteiger partial charge in [-0.2, -0.15) is 13.2 Å². The Bertz CT molecular complexity index is 743. The van der Waals surface area contributed by atoms with Crippen molar-refractivity contribution in [2.75, 3.05) is 6.54 Å². The van der Waals surface area contributed by atoms with Crippen LogP contribution in [0.5, 0.6) is 0 Å². The highest BCUT2D eigenvalue weighted by molar-refractivity contribution is 5.94. The average Bonchev–Trinajstić information content (AvgIpc) is 2.60. The van der Waals surface area contributed by atoms with Gasteiger partial charge in [0.2, 0.25) is 6.10 Å². The number of esters is 1. The Labute approximate surface area is 149 Å². The maximum atomic E-state index is 13.2. The van der Waals surface area contributed by atoms with Crippen LogP contribution in [0.1, 0.15) is 34.0 Å². The zero-order valence-electron chi connectivity index (χ0n) is 14.0. The van der Waals surface area contributed by atoms with Crippen LogP contribution in [0, 0.1) is 6.92 Å². The molecule has 0 spiro atoms. The molecule has 1 atom stereocenters. The molecule has 0 radical (unpaired) electrons. The van der Waals surface area contributed by atoms with Gasteiger partial charge in [-0.05, 0) is 19.1 Å². The van der Waals surface area contributed by atoms with Gasteiger partial charge in [0.25, 0.3) is 5.91 Å². The normalized spacial score (nSPS) is 12.3. The molecule has 0 heterocycles. The van der Waals surface area contributed by atoms with Gasteiger partial charge in [0.15, 0.2) is 0 Å². The third-order valence-corrected chi connectivity index (χ3v) is 3.58. The second kappa shape index (κ2) is 8.51. The number of hydrogen-bond acceptors (Lipinski definition) is 3. The van der Waals surface area contributed by atoms with E-state index < -0.39 is 24.2 Å². The van der Waals surface area contributed by atoms with Crippen molar-refractivity contribution in [1.29, 1.82) is 0 Å². The van der Waals surface area contributed by atoms with E-state index in [2.05, 4.69) is 10.1 Å². The Kier molecular flexibility index (Phi) is 6.38. The number of halogens is 3. The lowest BCUT2D eigenvalue weighted by molar-refractivity contribution is -0.224. The summed E-state index contributed by atoms with van der Waals surface area (Å²) in [7, 11) is 0. The van der Waals surface area contributed by atoms with Crippen molar-refractivity contribution < 1.29 is 27.5 Å². The van der Waals surface area contributed by atoms with Gasteiger partial charge < -0.3 is 10.1 Å². The Morgan fingerprint density at radius 3 is 2.23 bits per heavy atom. The summed E-state index contributed by atoms with van der Waals surface area (Å²) >= 11 is 0. The molecule has 0 saturated carbocycles. The molecule has 7 heteroatoms. The maximum absolute atomic E-state index is 13.2. The fourth-order valence-electron chi connectivity index (χ4n) is 2.23. The van der Waals surface area contributed by atoms with Crippen molar-refractivity contribution in [1.82, 2.24) is 5.32 Å². The first kappa shape index (κ1) is 19.5. The second-order valence-electron chi connectivity index (χ2n) is 5.69. The minimum Gasteiger partial charge on any atom is -0.448 e. The molecule has 0 saturated heterocycles. The van der Waals surface area contributed by atoms with Crippen LogP contribution in [0.2, 0.25) is 0 Å². The second-order valence-corrected chi connectivity index (χ2v) is 5.69. The summed E-state index contributed by atoms with van der Waals surface area (Å²) in [5.74, 6) is -1.45. The van der Waals surface area contributed by atoms with E-state index in [-0.39, 0.29) is 18.5 Å². The minimum atomic E-state index is -4.72. The van der Waals surface area contributed by atoms with E-state index in [4.69, 9.17) is 0 Å². The van der Waals surface area contributed by atoms with Gasteiger partial charge in [0.1, 0.15) is 0 Å². The fraction of sp³-hybridized carbons (Fsp3) is 0.263. The van der Waals surface area contributed by atoms with Crippen LogP contribution in [0.15, 0.2) is 54.6 Å². The Morgan fingerprint density at radius 1 is 1.04 bits per heavy atom. The molecule has 0 aromatic heterocycles. The SMILES string of the molecule is Cc1ccc([C@H](OC(=O)CCNC(=O)c2ccccc2)C(F)(F)F)cc1. The van der Waals surface area contributed by atoms with Gasteiger partial charge in [-0.15, -0.1) is 0 Å². The molecule has 0 aliphatic carbocycles. The zero-order chi connectivity index (χ0) is 19.2. The Balaban J connectivity index is 1.91. The highest BCUT2D eigenvalue weighted by atomic mass is 19.4. The smallest absolute Gasteiger partial charge is 0.429 e. The number of carbonyl (C=O) groups excluding carboxylic acids is 2. The summed E-state index contributed by atoms with van der Waals surface area (Å²) in [6, 6.07) is 13.9. The molecule has 0 fully saturated rings. The zero-order valence-corrected chi connectivity index (χ0v) is 14.0. The summed E-state index contributed by atoms with van der Waals surface area (Å²) in [6.07, 6.45) is -7.42. The number of benzene rings is 2. The molecule has 2 aromatic rings. The van der Waals surface area contributed by atoms with Gasteiger partial charge >= 0.3 is 12.1 Å². The van der Waals surface area contributed by atoms with E-state index in [1.165, 1.54) is 24.3 Å². The van der Waals surface area contributed by atoms with Crippen LogP contribution in [-0.4, -0.2) is 24.6 Å². The largest absolute Gasteiger partial charge is 0.448 e. The van der Waals surface area contributed by atoms with Crippen molar-refractivity contribution in [3.8, 4) is 0 Å². The molecule has 0 aliphatic rings. The van der Waals surface area contributed by atoms with Gasteiger partial charge in [-0.25, -0.2) is 0 Å². The lowest BCUT2D eigenvalue weighted by Crippen LogP contribution is -2.29. The van der Waals surface area contributed by atoms with Crippen molar-refractivity contribution in [2.24, 2.45) is 0 Å². The van der Waals surface area contributed by atoms with Crippen molar-refractivity contribution in [2.45, 2.75) is 25.6 Å². The van der Waals surface area contributed by atoms with E-state index in [1.807, 2.05) is 0 Å². The van der Waals surface area contributed by atoms with Gasteiger partial charge in [-0.1, -0.05) is 48.0 Å². The first-order valence-electron chi connectivity index (χ1n) is 7.93. The number of hydrogen-bond donors (Lipinski definition) is 1. The number of nitrogens with one attached hydrogen (secondary N) is 1. The lowest BCUT2D eigenvalue weighted by atomic mass is 10.1. The van der Waals surface area contributed by atoms with Crippen LogP contribution < -0.4 is 5.32 Å². The number of ether oxygens (including phenoxy) is 1. The molecule has 4 nitrogen and oxygen atoms in total. The van der Waals surface area contributed by atoms with E-state index in [9.17, 15) is 22.8 Å². The van der Waals surface area contributed by atoms with Crippen LogP contribution >= 0.6 is 0 Å². The highest BCUT2D eigenvalue weighted by Gasteiger charge is 2.43. The average molecular weight is 365 g/mol. The Morgan fingerprint density at radius 2 is 1.65 bits per heavy atom. The first-order valence-corrected chi connectivity index (χ1v) is 7.93. The van der Waals surface area contributed by atoms with Gasteiger partial charge in [-0.3, -0.25) is 9.59 Å². The van der Waals surface area contributed by atoms with Crippen LogP contribution in [-0.2, 0) is 9.53 Å². The van der Waals surface area contributed by atoms with Crippen molar-refractivity contribution in [3.05, 3.63) is 71.3 Å². The maximum Gasteiger partial charge on any atom is 0.429 e. The number of rotatable bonds is 6. The summed E-state index contributed by atoms with van der Waals surface area (Å²) in [4.78, 5) is 23.6. The topological polar surface area (TPSA) is 55.4 Å². The third-order valence-electron chi connectivity index (χ3n) is 3.58. The summed E-state index contributed by atoms with van der Waals surface area (Å²) in [6.45, 7) is 1.62. The molecule has 0 unspecified atom stereocenters. The molecule has 2 rings (SSSR count). The summed E-state index contributed by atoms with van der Waals surface area (Å²) < 4.78 is 44.2. The van der Waals surface area contributed by atoms with Crippen molar-refractivity contribution in [3.63, 3.8) is 0 Å². The van der Waals surface area contributed by atoms with Gasteiger partial charge in [0.05, 0.1) is 6.42 Å². The van der Waals surface area contributed by atoms with E-state index in [0.29, 0.717) is 5.56 Å². The summed E-state index contributed by atoms with van der Waals surface area (Å²) in [5, 5.41) is 2.47. The van der Waals surface area contributed by atoms with Crippen LogP contribution in [0.4, 0.5) is 13.2 Å². The minimum absolute atomic E-state index is 0.120. The molecule has 0 bridgehead atoms. The van der Waals surface area contributed by atoms with E-state index in [1.54, 1.807) is 37.3 Å². The monoisotopic (exact) mass is 365 g/mol. The fourth-order valence-corrected chi connectivity index (χ4v) is 2.23. The molecule has 26 heavy (non-hydrogen) atoms. The quantitative estimate of drug-likeness (QED) is 0.789. The third kappa shape index (κ3) is 5.61. The number of carbonyl (C=O) groups is 2. The van der Waals surface area contributed by atoms with E-state index in [0.717, 1.165) is 5.56 Å².